The Labute approximate surface area is 233 Å². The Morgan fingerprint density at radius 2 is 1.28 bits per heavy atom. The minimum Gasteiger partial charge on any atom is -0.481 e. The number of esters is 2. The van der Waals surface area contributed by atoms with Gasteiger partial charge in [0.1, 0.15) is 18.8 Å². The Morgan fingerprint density at radius 1 is 0.769 bits per heavy atom. The molecule has 0 saturated carbocycles. The van der Waals surface area contributed by atoms with Gasteiger partial charge in [0.15, 0.2) is 6.29 Å². The molecule has 0 aromatic rings. The minimum absolute atomic E-state index is 0.0724. The molecule has 0 bridgehead atoms. The molecule has 1 heterocycles. The van der Waals surface area contributed by atoms with Gasteiger partial charge in [-0.25, -0.2) is 0 Å². The van der Waals surface area contributed by atoms with E-state index in [2.05, 4.69) is 5.32 Å². The van der Waals surface area contributed by atoms with Gasteiger partial charge in [-0.3, -0.25) is 19.2 Å². The van der Waals surface area contributed by atoms with Crippen LogP contribution in [0.25, 0.3) is 0 Å². The van der Waals surface area contributed by atoms with Crippen molar-refractivity contribution in [1.29, 1.82) is 0 Å². The van der Waals surface area contributed by atoms with Crippen molar-refractivity contribution in [1.82, 2.24) is 5.32 Å². The van der Waals surface area contributed by atoms with E-state index in [9.17, 15) is 19.2 Å². The van der Waals surface area contributed by atoms with Crippen LogP contribution in [0.3, 0.4) is 0 Å². The van der Waals surface area contributed by atoms with Crippen LogP contribution in [-0.4, -0.2) is 66.7 Å². The van der Waals surface area contributed by atoms with Crippen LogP contribution < -0.4 is 5.32 Å². The summed E-state index contributed by atoms with van der Waals surface area (Å²) in [7, 11) is 0. The molecule has 10 nitrogen and oxygen atoms in total. The molecule has 1 rings (SSSR count). The van der Waals surface area contributed by atoms with E-state index in [4.69, 9.17) is 24.1 Å². The van der Waals surface area contributed by atoms with Gasteiger partial charge < -0.3 is 29.4 Å². The summed E-state index contributed by atoms with van der Waals surface area (Å²) in [6.45, 7) is 6.28. The molecular weight excluding hydrogens is 506 g/mol. The van der Waals surface area contributed by atoms with E-state index < -0.39 is 42.4 Å². The van der Waals surface area contributed by atoms with E-state index in [-0.39, 0.29) is 24.9 Å². The third-order valence-electron chi connectivity index (χ3n) is 6.99. The zero-order valence-corrected chi connectivity index (χ0v) is 24.4. The quantitative estimate of drug-likeness (QED) is 0.149. The van der Waals surface area contributed by atoms with Crippen molar-refractivity contribution in [3.05, 3.63) is 0 Å². The van der Waals surface area contributed by atoms with Crippen LogP contribution in [0.5, 0.6) is 0 Å². The van der Waals surface area contributed by atoms with Crippen LogP contribution in [0.4, 0.5) is 0 Å². The normalized spacial score (nSPS) is 22.7. The second-order valence-electron chi connectivity index (χ2n) is 10.6. The summed E-state index contributed by atoms with van der Waals surface area (Å²) in [5, 5.41) is 11.5. The first-order valence-electron chi connectivity index (χ1n) is 14.7. The highest BCUT2D eigenvalue weighted by atomic mass is 16.7. The number of unbranched alkanes of at least 4 members (excludes halogenated alkanes) is 12. The number of nitrogens with one attached hydrogen (secondary N) is 1. The molecule has 1 aliphatic heterocycles. The van der Waals surface area contributed by atoms with Crippen molar-refractivity contribution in [3.8, 4) is 0 Å². The number of amides is 1. The van der Waals surface area contributed by atoms with E-state index in [1.165, 1.54) is 65.7 Å². The molecule has 2 N–H and O–H groups in total. The summed E-state index contributed by atoms with van der Waals surface area (Å²) in [4.78, 5) is 45.4. The molecule has 5 unspecified atom stereocenters. The molecule has 5 atom stereocenters. The molecule has 0 spiro atoms. The molecule has 0 aromatic carbocycles. The summed E-state index contributed by atoms with van der Waals surface area (Å²) < 4.78 is 22.7. The number of aliphatic carboxylic acids is 1. The number of hydrogen-bond acceptors (Lipinski definition) is 8. The average molecular weight is 558 g/mol. The van der Waals surface area contributed by atoms with Gasteiger partial charge in [-0.05, 0) is 12.8 Å². The van der Waals surface area contributed by atoms with Crippen LogP contribution in [0.2, 0.25) is 0 Å². The number of hydrogen-bond donors (Lipinski definition) is 2. The average Bonchev–Trinajstić information content (AvgIpc) is 2.85. The fourth-order valence-electron chi connectivity index (χ4n) is 4.93. The van der Waals surface area contributed by atoms with Crippen LogP contribution in [0.15, 0.2) is 0 Å². The monoisotopic (exact) mass is 557 g/mol. The lowest BCUT2D eigenvalue weighted by Gasteiger charge is -2.44. The standard InChI is InChI=1S/C29H51NO9/c1-21-27(30-22(2)31)29(39-25(20-37-23(3)32)28(21)38-24(4)33)36-19-17-15-13-11-9-7-5-6-8-10-12-14-16-18-26(34)35/h21,25,27-29H,5-20H2,1-4H3,(H,30,31)(H,34,35). The Balaban J connectivity index is 2.29. The molecule has 0 aromatic heterocycles. The Bertz CT molecular complexity index is 728. The molecule has 39 heavy (non-hydrogen) atoms. The van der Waals surface area contributed by atoms with Crippen molar-refractivity contribution >= 4 is 23.8 Å². The minimum atomic E-state index is -0.742. The topological polar surface area (TPSA) is 137 Å². The zero-order chi connectivity index (χ0) is 29.0. The van der Waals surface area contributed by atoms with E-state index in [1.807, 2.05) is 6.92 Å². The fourth-order valence-corrected chi connectivity index (χ4v) is 4.93. The number of rotatable bonds is 21. The summed E-state index contributed by atoms with van der Waals surface area (Å²) in [5.41, 5.74) is 0. The van der Waals surface area contributed by atoms with E-state index >= 15 is 0 Å². The molecule has 1 saturated heterocycles. The van der Waals surface area contributed by atoms with Crippen LogP contribution >= 0.6 is 0 Å². The first kappa shape index (κ1) is 34.8. The van der Waals surface area contributed by atoms with Gasteiger partial charge in [0.2, 0.25) is 5.91 Å². The number of carboxylic acids is 1. The predicted octanol–water partition coefficient (Wildman–Crippen LogP) is 4.91. The molecule has 0 aliphatic carbocycles. The van der Waals surface area contributed by atoms with Gasteiger partial charge in [-0.2, -0.15) is 0 Å². The highest BCUT2D eigenvalue weighted by Crippen LogP contribution is 2.30. The molecule has 1 aliphatic rings. The van der Waals surface area contributed by atoms with Gasteiger partial charge in [-0.15, -0.1) is 0 Å². The van der Waals surface area contributed by atoms with E-state index in [1.54, 1.807) is 0 Å². The lowest BCUT2D eigenvalue weighted by molar-refractivity contribution is -0.262. The number of carbonyl (C=O) groups excluding carboxylic acids is 3. The third kappa shape index (κ3) is 16.5. The van der Waals surface area contributed by atoms with Gasteiger partial charge in [0.05, 0.1) is 6.04 Å². The highest BCUT2D eigenvalue weighted by molar-refractivity contribution is 5.73. The number of carboxylic acid groups (broad SMARTS) is 1. The second-order valence-corrected chi connectivity index (χ2v) is 10.6. The SMILES string of the molecule is CC(=O)NC1C(OCCCCCCCCCCCCCCCC(=O)O)OC(COC(C)=O)C(OC(C)=O)C1C. The largest absolute Gasteiger partial charge is 0.481 e. The van der Waals surface area contributed by atoms with Crippen LogP contribution in [-0.2, 0) is 38.1 Å². The first-order chi connectivity index (χ1) is 18.6. The van der Waals surface area contributed by atoms with Crippen molar-refractivity contribution in [3.63, 3.8) is 0 Å². The van der Waals surface area contributed by atoms with Crippen LogP contribution in [0, 0.1) is 5.92 Å². The number of ether oxygens (including phenoxy) is 4. The van der Waals surface area contributed by atoms with Gasteiger partial charge >= 0.3 is 17.9 Å². The van der Waals surface area contributed by atoms with Crippen molar-refractivity contribution < 1.29 is 43.2 Å². The molecule has 1 fully saturated rings. The Morgan fingerprint density at radius 3 is 1.74 bits per heavy atom. The van der Waals surface area contributed by atoms with Gasteiger partial charge in [0.25, 0.3) is 0 Å². The zero-order valence-electron chi connectivity index (χ0n) is 24.4. The van der Waals surface area contributed by atoms with Gasteiger partial charge in [-0.1, -0.05) is 77.6 Å². The predicted molar refractivity (Wildman–Crippen MR) is 146 cm³/mol. The second kappa shape index (κ2) is 20.7. The summed E-state index contributed by atoms with van der Waals surface area (Å²) in [6.07, 6.45) is 12.7. The van der Waals surface area contributed by atoms with E-state index in [0.29, 0.717) is 6.61 Å². The molecule has 0 radical (unpaired) electrons. The van der Waals surface area contributed by atoms with Crippen LogP contribution in [0.1, 0.15) is 118 Å². The van der Waals surface area contributed by atoms with E-state index in [0.717, 1.165) is 38.5 Å². The van der Waals surface area contributed by atoms with Crippen molar-refractivity contribution in [2.75, 3.05) is 13.2 Å². The van der Waals surface area contributed by atoms with Gasteiger partial charge in [0, 0.05) is 39.7 Å². The fraction of sp³-hybridized carbons (Fsp3) is 0.862. The smallest absolute Gasteiger partial charge is 0.303 e. The third-order valence-corrected chi connectivity index (χ3v) is 6.99. The number of carbonyl (C=O) groups is 4. The maximum atomic E-state index is 11.8. The first-order valence-corrected chi connectivity index (χ1v) is 14.7. The van der Waals surface area contributed by atoms with Crippen molar-refractivity contribution in [2.24, 2.45) is 5.92 Å². The molecule has 1 amide bonds. The summed E-state index contributed by atoms with van der Waals surface area (Å²) in [6, 6.07) is -0.509. The molecule has 226 valence electrons. The Hall–Kier alpha value is -2.20. The maximum absolute atomic E-state index is 11.8. The molecule has 10 heteroatoms. The Kier molecular flexibility index (Phi) is 18.5. The summed E-state index contributed by atoms with van der Waals surface area (Å²) in [5.74, 6) is -2.19. The highest BCUT2D eigenvalue weighted by Gasteiger charge is 2.46. The van der Waals surface area contributed by atoms with Crippen molar-refractivity contribution in [2.45, 2.75) is 142 Å². The summed E-state index contributed by atoms with van der Waals surface area (Å²) >= 11 is 0. The lowest BCUT2D eigenvalue weighted by atomic mass is 9.88. The lowest BCUT2D eigenvalue weighted by Crippen LogP contribution is -2.62. The maximum Gasteiger partial charge on any atom is 0.303 e. The molecular formula is C29H51NO9.